The number of rotatable bonds is 6. The number of hydrogen-bond acceptors (Lipinski definition) is 8. The Kier molecular flexibility index (Phi) is 6.49. The van der Waals surface area contributed by atoms with Gasteiger partial charge in [0.05, 0.1) is 21.8 Å². The van der Waals surface area contributed by atoms with E-state index in [0.717, 1.165) is 17.5 Å². The highest BCUT2D eigenvalue weighted by Gasteiger charge is 2.33. The molecule has 0 amide bonds. The normalized spacial score (nSPS) is 12.4. The van der Waals surface area contributed by atoms with E-state index in [2.05, 4.69) is 15.7 Å². The summed E-state index contributed by atoms with van der Waals surface area (Å²) < 4.78 is 0.862. The third-order valence-corrected chi connectivity index (χ3v) is 6.05. The third kappa shape index (κ3) is 3.98. The highest BCUT2D eigenvalue weighted by atomic mass is 35.5. The van der Waals surface area contributed by atoms with Crippen molar-refractivity contribution in [2.75, 3.05) is 12.0 Å². The number of aromatic hydroxyl groups is 1. The van der Waals surface area contributed by atoms with Crippen LogP contribution >= 0.6 is 11.6 Å². The molecule has 2 aromatic carbocycles. The summed E-state index contributed by atoms with van der Waals surface area (Å²) in [5.41, 5.74) is 2.47. The maximum atomic E-state index is 13.3. The molecule has 0 saturated heterocycles. The van der Waals surface area contributed by atoms with Crippen LogP contribution in [0.15, 0.2) is 51.4 Å². The molecule has 9 nitrogen and oxygen atoms in total. The summed E-state index contributed by atoms with van der Waals surface area (Å²) in [4.78, 5) is 39.0. The molecule has 176 valence electrons. The summed E-state index contributed by atoms with van der Waals surface area (Å²) in [6.07, 6.45) is 1.58. The van der Waals surface area contributed by atoms with E-state index < -0.39 is 17.2 Å². The molecule has 0 unspecified atom stereocenters. The van der Waals surface area contributed by atoms with E-state index in [4.69, 9.17) is 11.6 Å². The molecular weight excluding hydrogens is 470 g/mol. The highest BCUT2D eigenvalue weighted by molar-refractivity contribution is 6.39. The van der Waals surface area contributed by atoms with Crippen LogP contribution < -0.4 is 11.0 Å². The molecular formula is C25H20ClN5O4. The van der Waals surface area contributed by atoms with E-state index in [9.17, 15) is 24.8 Å². The largest absolute Gasteiger partial charge is 0.492 e. The molecule has 4 rings (SSSR count). The molecule has 0 saturated carbocycles. The predicted octanol–water partition coefficient (Wildman–Crippen LogP) is 4.92. The first-order valence-corrected chi connectivity index (χ1v) is 11.2. The number of pyridine rings is 1. The summed E-state index contributed by atoms with van der Waals surface area (Å²) in [5.74, 6) is -1.36. The summed E-state index contributed by atoms with van der Waals surface area (Å²) >= 11 is 6.22. The Morgan fingerprint density at radius 3 is 2.43 bits per heavy atom. The van der Waals surface area contributed by atoms with E-state index in [1.807, 2.05) is 13.0 Å². The zero-order chi connectivity index (χ0) is 25.3. The van der Waals surface area contributed by atoms with Crippen molar-refractivity contribution >= 4 is 34.5 Å². The Labute approximate surface area is 205 Å². The second-order valence-electron chi connectivity index (χ2n) is 7.91. The van der Waals surface area contributed by atoms with Crippen molar-refractivity contribution in [3.63, 3.8) is 0 Å². The molecule has 0 atom stereocenters. The van der Waals surface area contributed by atoms with Crippen molar-refractivity contribution in [2.45, 2.75) is 26.7 Å². The molecule has 1 heterocycles. The number of nitrogens with zero attached hydrogens (tertiary/aromatic N) is 4. The summed E-state index contributed by atoms with van der Waals surface area (Å²) in [6.45, 7) is 3.82. The summed E-state index contributed by atoms with van der Waals surface area (Å²) in [5, 5.41) is 28.6. The molecule has 10 heteroatoms. The fraction of sp³-hybridized carbons (Fsp3) is 0.200. The quantitative estimate of drug-likeness (QED) is 0.291. The first kappa shape index (κ1) is 23.9. The molecule has 0 bridgehead atoms. The van der Waals surface area contributed by atoms with Gasteiger partial charge >= 0.3 is 0 Å². The molecule has 0 radical (unpaired) electrons. The molecule has 0 aliphatic heterocycles. The van der Waals surface area contributed by atoms with Crippen molar-refractivity contribution in [3.8, 4) is 11.9 Å². The van der Waals surface area contributed by atoms with E-state index in [-0.39, 0.29) is 55.6 Å². The van der Waals surface area contributed by atoms with Gasteiger partial charge in [-0.2, -0.15) is 9.94 Å². The van der Waals surface area contributed by atoms with Crippen LogP contribution in [0.3, 0.4) is 0 Å². The second-order valence-corrected chi connectivity index (χ2v) is 8.31. The summed E-state index contributed by atoms with van der Waals surface area (Å²) in [7, 11) is 0. The van der Waals surface area contributed by atoms with Crippen LogP contribution in [0.25, 0.3) is 0 Å². The lowest BCUT2D eigenvalue weighted by molar-refractivity contribution is 0.0979. The van der Waals surface area contributed by atoms with Crippen LogP contribution in [0.4, 0.5) is 11.4 Å². The predicted molar refractivity (Wildman–Crippen MR) is 130 cm³/mol. The van der Waals surface area contributed by atoms with Crippen LogP contribution in [0.1, 0.15) is 62.7 Å². The van der Waals surface area contributed by atoms with Gasteiger partial charge in [0.25, 0.3) is 5.56 Å². The molecule has 1 aliphatic carbocycles. The number of ketones is 2. The van der Waals surface area contributed by atoms with Crippen molar-refractivity contribution < 1.29 is 14.7 Å². The number of carbonyl (C=O) groups is 2. The Bertz CT molecular complexity index is 1520. The third-order valence-electron chi connectivity index (χ3n) is 5.74. The van der Waals surface area contributed by atoms with Crippen molar-refractivity contribution in [1.29, 1.82) is 5.26 Å². The van der Waals surface area contributed by atoms with Crippen LogP contribution in [0.5, 0.6) is 5.88 Å². The molecule has 1 aromatic heterocycles. The Balaban J connectivity index is 1.84. The van der Waals surface area contributed by atoms with E-state index in [1.54, 1.807) is 12.1 Å². The number of carbonyl (C=O) groups excluding carboxylic acids is 2. The Morgan fingerprint density at radius 2 is 1.74 bits per heavy atom. The van der Waals surface area contributed by atoms with Crippen molar-refractivity contribution in [2.24, 2.45) is 10.2 Å². The number of benzene rings is 2. The molecule has 35 heavy (non-hydrogen) atoms. The van der Waals surface area contributed by atoms with Gasteiger partial charge in [-0.1, -0.05) is 49.2 Å². The van der Waals surface area contributed by atoms with E-state index in [1.165, 1.54) is 31.2 Å². The Hall–Kier alpha value is -4.29. The van der Waals surface area contributed by atoms with Gasteiger partial charge in [-0.3, -0.25) is 14.4 Å². The molecule has 1 aliphatic rings. The van der Waals surface area contributed by atoms with Crippen molar-refractivity contribution in [1.82, 2.24) is 4.68 Å². The van der Waals surface area contributed by atoms with Gasteiger partial charge in [0.1, 0.15) is 11.6 Å². The minimum Gasteiger partial charge on any atom is -0.492 e. The lowest BCUT2D eigenvalue weighted by Gasteiger charge is -2.19. The zero-order valence-electron chi connectivity index (χ0n) is 18.9. The fourth-order valence-electron chi connectivity index (χ4n) is 3.90. The first-order chi connectivity index (χ1) is 16.8. The van der Waals surface area contributed by atoms with E-state index in [0.29, 0.717) is 6.54 Å². The molecule has 0 spiro atoms. The van der Waals surface area contributed by atoms with E-state index >= 15 is 0 Å². The van der Waals surface area contributed by atoms with Crippen molar-refractivity contribution in [3.05, 3.63) is 85.2 Å². The number of hydrogen-bond donors (Lipinski definition) is 2. The maximum Gasteiger partial charge on any atom is 0.290 e. The monoisotopic (exact) mass is 489 g/mol. The second kappa shape index (κ2) is 9.52. The molecule has 2 N–H and O–H groups in total. The minimum absolute atomic E-state index is 0.0360. The topological polar surface area (TPSA) is 137 Å². The van der Waals surface area contributed by atoms with Gasteiger partial charge in [0, 0.05) is 23.2 Å². The van der Waals surface area contributed by atoms with Gasteiger partial charge in [0.15, 0.2) is 17.3 Å². The van der Waals surface area contributed by atoms with Gasteiger partial charge in [-0.25, -0.2) is 0 Å². The lowest BCUT2D eigenvalue weighted by atomic mass is 9.83. The van der Waals surface area contributed by atoms with Gasteiger partial charge in [-0.15, -0.1) is 10.2 Å². The number of halogens is 1. The number of unbranched alkanes of at least 4 members (excludes halogenated alkanes) is 1. The van der Waals surface area contributed by atoms with Crippen LogP contribution in [0, 0.1) is 18.3 Å². The average Bonchev–Trinajstić information content (AvgIpc) is 2.84. The number of aromatic nitrogens is 1. The van der Waals surface area contributed by atoms with Crippen LogP contribution in [-0.4, -0.2) is 27.9 Å². The number of nitriles is 1. The standard InChI is InChI=1S/C25H20ClN5O4/c1-3-4-11-28-31-24(34)16(12-27)13(2)21(25(31)35)30-29-18-10-6-8-15-20(18)23(33)19-14(22(15)32)7-5-9-17(19)26/h5-10,28,35H,3-4,11H2,1-2H3/b30-29+. The van der Waals surface area contributed by atoms with Crippen LogP contribution in [0.2, 0.25) is 5.02 Å². The maximum absolute atomic E-state index is 13.3. The average molecular weight is 490 g/mol. The molecule has 3 aromatic rings. The minimum atomic E-state index is -0.707. The lowest BCUT2D eigenvalue weighted by Crippen LogP contribution is -2.31. The zero-order valence-corrected chi connectivity index (χ0v) is 19.7. The van der Waals surface area contributed by atoms with Crippen LogP contribution in [-0.2, 0) is 0 Å². The molecule has 0 fully saturated rings. The van der Waals surface area contributed by atoms with Gasteiger partial charge in [-0.05, 0) is 25.5 Å². The highest BCUT2D eigenvalue weighted by Crippen LogP contribution is 2.38. The SMILES string of the molecule is CCCCNn1c(O)c(/N=N/c2cccc3c2C(=O)c2c(Cl)cccc2C3=O)c(C)c(C#N)c1=O. The first-order valence-electron chi connectivity index (χ1n) is 10.9. The Morgan fingerprint density at radius 1 is 1.06 bits per heavy atom. The van der Waals surface area contributed by atoms with Gasteiger partial charge in [0.2, 0.25) is 5.88 Å². The summed E-state index contributed by atoms with van der Waals surface area (Å²) in [6, 6.07) is 11.1. The number of fused-ring (bicyclic) bond motifs is 2. The number of nitrogens with one attached hydrogen (secondary N) is 1. The fourth-order valence-corrected chi connectivity index (χ4v) is 4.16. The smallest absolute Gasteiger partial charge is 0.290 e. The number of azo groups is 1. The van der Waals surface area contributed by atoms with Gasteiger partial charge < -0.3 is 10.5 Å².